The summed E-state index contributed by atoms with van der Waals surface area (Å²) < 4.78 is 2.29. The van der Waals surface area contributed by atoms with Crippen LogP contribution in [-0.2, 0) is 5.41 Å². The summed E-state index contributed by atoms with van der Waals surface area (Å²) in [6, 6.07) is 64.8. The van der Waals surface area contributed by atoms with Gasteiger partial charge in [-0.3, -0.25) is 4.57 Å². The lowest BCUT2D eigenvalue weighted by Crippen LogP contribution is -2.14. The van der Waals surface area contributed by atoms with Crippen molar-refractivity contribution >= 4 is 32.6 Å². The quantitative estimate of drug-likeness (QED) is 0.178. The molecule has 0 spiro atoms. The Kier molecular flexibility index (Phi) is 7.17. The van der Waals surface area contributed by atoms with E-state index in [2.05, 4.69) is 176 Å². The van der Waals surface area contributed by atoms with Gasteiger partial charge in [0.05, 0.1) is 11.0 Å². The Balaban J connectivity index is 1.22. The summed E-state index contributed by atoms with van der Waals surface area (Å²) in [5.74, 6) is 1.83. The Bertz CT molecular complexity index is 3140. The van der Waals surface area contributed by atoms with Crippen molar-refractivity contribution < 1.29 is 0 Å². The molecular weight excluding hydrogens is 681 g/mol. The zero-order valence-electron chi connectivity index (χ0n) is 31.1. The number of hydrogen-bond donors (Lipinski definition) is 0. The van der Waals surface area contributed by atoms with E-state index in [-0.39, 0.29) is 5.41 Å². The third kappa shape index (κ3) is 4.96. The van der Waals surface area contributed by atoms with Crippen LogP contribution in [0.4, 0.5) is 0 Å². The molecule has 56 heavy (non-hydrogen) atoms. The van der Waals surface area contributed by atoms with Gasteiger partial charge >= 0.3 is 0 Å². The second-order valence-corrected chi connectivity index (χ2v) is 15.2. The lowest BCUT2D eigenvalue weighted by atomic mass is 9.82. The first-order chi connectivity index (χ1) is 27.5. The van der Waals surface area contributed by atoms with Crippen LogP contribution in [0, 0.1) is 0 Å². The molecule has 264 valence electrons. The average molecular weight is 717 g/mol. The first-order valence-electron chi connectivity index (χ1n) is 19.2. The smallest absolute Gasteiger partial charge is 0.238 e. The minimum Gasteiger partial charge on any atom is -0.277 e. The maximum Gasteiger partial charge on any atom is 0.238 e. The molecule has 0 saturated heterocycles. The third-order valence-electron chi connectivity index (χ3n) is 11.7. The summed E-state index contributed by atoms with van der Waals surface area (Å²) in [6.07, 6.45) is 0. The van der Waals surface area contributed by atoms with E-state index in [9.17, 15) is 0 Å². The summed E-state index contributed by atoms with van der Waals surface area (Å²) in [5.41, 5.74) is 13.8. The zero-order chi connectivity index (χ0) is 37.4. The van der Waals surface area contributed by atoms with Crippen LogP contribution in [-0.4, -0.2) is 19.5 Å². The van der Waals surface area contributed by atoms with Crippen LogP contribution in [0.15, 0.2) is 182 Å². The van der Waals surface area contributed by atoms with E-state index in [0.29, 0.717) is 17.6 Å². The molecule has 1 aliphatic carbocycles. The Morgan fingerprint density at radius 1 is 0.411 bits per heavy atom. The van der Waals surface area contributed by atoms with Gasteiger partial charge in [0.25, 0.3) is 0 Å². The van der Waals surface area contributed by atoms with Crippen LogP contribution >= 0.6 is 0 Å². The number of fused-ring (bicyclic) bond motifs is 7. The highest BCUT2D eigenvalue weighted by atomic mass is 15.2. The van der Waals surface area contributed by atoms with Gasteiger partial charge in [0.1, 0.15) is 0 Å². The van der Waals surface area contributed by atoms with Crippen molar-refractivity contribution in [2.24, 2.45) is 0 Å². The van der Waals surface area contributed by atoms with Gasteiger partial charge in [-0.15, -0.1) is 0 Å². The molecule has 0 amide bonds. The number of benzene rings is 8. The standard InChI is InChI=1S/C52H36N4/c1-52(2)44-25-12-11-21-42(44)47-39(22-14-26-45(47)52)40-23-13-24-41-43-31-37-19-9-10-20-38(37)32-46(43)56(48(40)41)51-54-49(35-17-7-4-8-18-35)53-50(55-51)36-29-27-34(28-30-36)33-15-5-3-6-16-33/h3-32H,1-2H3. The first-order valence-corrected chi connectivity index (χ1v) is 19.2. The maximum absolute atomic E-state index is 5.36. The molecular formula is C52H36N4. The predicted octanol–water partition coefficient (Wildman–Crippen LogP) is 13.1. The highest BCUT2D eigenvalue weighted by Crippen LogP contribution is 2.53. The average Bonchev–Trinajstić information content (AvgIpc) is 3.71. The van der Waals surface area contributed by atoms with E-state index in [1.54, 1.807) is 0 Å². The van der Waals surface area contributed by atoms with Crippen molar-refractivity contribution in [1.82, 2.24) is 19.5 Å². The largest absolute Gasteiger partial charge is 0.277 e. The van der Waals surface area contributed by atoms with Gasteiger partial charge in [-0.25, -0.2) is 4.98 Å². The van der Waals surface area contributed by atoms with E-state index >= 15 is 0 Å². The molecule has 8 aromatic carbocycles. The maximum atomic E-state index is 5.36. The molecule has 4 nitrogen and oxygen atoms in total. The van der Waals surface area contributed by atoms with Gasteiger partial charge in [-0.05, 0) is 61.8 Å². The molecule has 0 N–H and O–H groups in total. The molecule has 0 fully saturated rings. The normalized spacial score (nSPS) is 13.0. The van der Waals surface area contributed by atoms with Gasteiger partial charge in [0.15, 0.2) is 11.6 Å². The number of hydrogen-bond acceptors (Lipinski definition) is 3. The molecule has 0 aliphatic heterocycles. The Labute approximate surface area is 325 Å². The highest BCUT2D eigenvalue weighted by Gasteiger charge is 2.37. The number of nitrogens with zero attached hydrogens (tertiary/aromatic N) is 4. The second-order valence-electron chi connectivity index (χ2n) is 15.2. The molecule has 0 radical (unpaired) electrons. The van der Waals surface area contributed by atoms with Crippen LogP contribution < -0.4 is 0 Å². The molecule has 4 heteroatoms. The lowest BCUT2D eigenvalue weighted by molar-refractivity contribution is 0.660. The van der Waals surface area contributed by atoms with Crippen LogP contribution in [0.2, 0.25) is 0 Å². The number of para-hydroxylation sites is 1. The van der Waals surface area contributed by atoms with Crippen molar-refractivity contribution in [2.45, 2.75) is 19.3 Å². The third-order valence-corrected chi connectivity index (χ3v) is 11.7. The number of aromatic nitrogens is 4. The Morgan fingerprint density at radius 3 is 1.70 bits per heavy atom. The minimum absolute atomic E-state index is 0.121. The summed E-state index contributed by atoms with van der Waals surface area (Å²) >= 11 is 0. The van der Waals surface area contributed by atoms with Gasteiger partial charge < -0.3 is 0 Å². The van der Waals surface area contributed by atoms with Gasteiger partial charge in [0, 0.05) is 32.9 Å². The summed E-state index contributed by atoms with van der Waals surface area (Å²) in [5, 5.41) is 4.67. The molecule has 0 saturated carbocycles. The van der Waals surface area contributed by atoms with E-state index in [1.165, 1.54) is 38.8 Å². The highest BCUT2D eigenvalue weighted by molar-refractivity contribution is 6.17. The Morgan fingerprint density at radius 2 is 0.946 bits per heavy atom. The van der Waals surface area contributed by atoms with E-state index < -0.39 is 0 Å². The van der Waals surface area contributed by atoms with Gasteiger partial charge in [-0.1, -0.05) is 184 Å². The topological polar surface area (TPSA) is 43.6 Å². The molecule has 10 aromatic rings. The van der Waals surface area contributed by atoms with Crippen molar-refractivity contribution in [3.8, 4) is 62.1 Å². The van der Waals surface area contributed by atoms with Crippen LogP contribution in [0.1, 0.15) is 25.0 Å². The van der Waals surface area contributed by atoms with Crippen molar-refractivity contribution in [3.63, 3.8) is 0 Å². The molecule has 11 rings (SSSR count). The second kappa shape index (κ2) is 12.4. The Hall–Kier alpha value is -7.17. The first kappa shape index (κ1) is 32.3. The molecule has 0 bridgehead atoms. The molecule has 0 atom stereocenters. The molecule has 2 heterocycles. The lowest BCUT2D eigenvalue weighted by Gasteiger charge is -2.21. The summed E-state index contributed by atoms with van der Waals surface area (Å²) in [6.45, 7) is 4.68. The predicted molar refractivity (Wildman–Crippen MR) is 231 cm³/mol. The van der Waals surface area contributed by atoms with Crippen molar-refractivity contribution in [2.75, 3.05) is 0 Å². The van der Waals surface area contributed by atoms with Crippen molar-refractivity contribution in [1.29, 1.82) is 0 Å². The number of rotatable bonds is 5. The van der Waals surface area contributed by atoms with E-state index in [4.69, 9.17) is 15.0 Å². The zero-order valence-corrected chi connectivity index (χ0v) is 31.1. The van der Waals surface area contributed by atoms with Crippen LogP contribution in [0.3, 0.4) is 0 Å². The van der Waals surface area contributed by atoms with Crippen LogP contribution in [0.25, 0.3) is 94.7 Å². The van der Waals surface area contributed by atoms with Gasteiger partial charge in [-0.2, -0.15) is 9.97 Å². The van der Waals surface area contributed by atoms with Crippen molar-refractivity contribution in [3.05, 3.63) is 193 Å². The van der Waals surface area contributed by atoms with E-state index in [0.717, 1.165) is 49.4 Å². The fourth-order valence-corrected chi connectivity index (χ4v) is 8.91. The molecule has 0 unspecified atom stereocenters. The SMILES string of the molecule is CC1(C)c2ccccc2-c2c(-c3cccc4c5cc6ccccc6cc5n(-c5nc(-c6ccccc6)nc(-c6ccc(-c7ccccc7)cc6)n5)c34)cccc21. The fraction of sp³-hybridized carbons (Fsp3) is 0.0577. The molecule has 2 aromatic heterocycles. The summed E-state index contributed by atoms with van der Waals surface area (Å²) in [7, 11) is 0. The monoisotopic (exact) mass is 716 g/mol. The van der Waals surface area contributed by atoms with E-state index in [1.807, 2.05) is 24.3 Å². The fourth-order valence-electron chi connectivity index (χ4n) is 8.91. The van der Waals surface area contributed by atoms with Crippen LogP contribution in [0.5, 0.6) is 0 Å². The molecule has 1 aliphatic rings. The van der Waals surface area contributed by atoms with Gasteiger partial charge in [0.2, 0.25) is 5.95 Å². The summed E-state index contributed by atoms with van der Waals surface area (Å²) in [4.78, 5) is 15.8. The minimum atomic E-state index is -0.121.